The molecule has 0 radical (unpaired) electrons. The third-order valence-corrected chi connectivity index (χ3v) is 5.09. The molecule has 0 aliphatic heterocycles. The minimum atomic E-state index is 0.0966. The van der Waals surface area contributed by atoms with Crippen LogP contribution in [0.15, 0.2) is 34.8 Å². The zero-order valence-corrected chi connectivity index (χ0v) is 14.6. The summed E-state index contributed by atoms with van der Waals surface area (Å²) in [4.78, 5) is 0. The molecule has 2 aromatic carbocycles. The van der Waals surface area contributed by atoms with Crippen LogP contribution in [-0.2, 0) is 0 Å². The zero-order chi connectivity index (χ0) is 14.9. The van der Waals surface area contributed by atoms with E-state index in [1.54, 1.807) is 0 Å². The van der Waals surface area contributed by atoms with Crippen LogP contribution in [0.1, 0.15) is 33.9 Å². The van der Waals surface area contributed by atoms with E-state index >= 15 is 0 Å². The second kappa shape index (κ2) is 6.30. The molecular formula is C17H19BrClN. The Balaban J connectivity index is 2.58. The maximum Gasteiger partial charge on any atom is 0.0599 e. The average molecular weight is 353 g/mol. The molecule has 0 saturated heterocycles. The Morgan fingerprint density at radius 1 is 1.00 bits per heavy atom. The van der Waals surface area contributed by atoms with Crippen molar-refractivity contribution in [2.75, 3.05) is 7.05 Å². The van der Waals surface area contributed by atoms with Crippen molar-refractivity contribution >= 4 is 27.5 Å². The third-order valence-electron chi connectivity index (χ3n) is 3.77. The van der Waals surface area contributed by atoms with E-state index in [0.717, 1.165) is 15.1 Å². The Morgan fingerprint density at radius 3 is 2.30 bits per heavy atom. The molecule has 0 aliphatic rings. The van der Waals surface area contributed by atoms with Gasteiger partial charge in [-0.2, -0.15) is 0 Å². The Hall–Kier alpha value is -0.830. The molecule has 0 fully saturated rings. The van der Waals surface area contributed by atoms with Gasteiger partial charge in [-0.15, -0.1) is 0 Å². The van der Waals surface area contributed by atoms with Gasteiger partial charge >= 0.3 is 0 Å². The van der Waals surface area contributed by atoms with E-state index < -0.39 is 0 Å². The van der Waals surface area contributed by atoms with Crippen LogP contribution in [0.3, 0.4) is 0 Å². The van der Waals surface area contributed by atoms with Crippen LogP contribution in [0.25, 0.3) is 0 Å². The van der Waals surface area contributed by atoms with E-state index in [1.165, 1.54) is 22.3 Å². The number of aryl methyl sites for hydroxylation is 3. The molecule has 20 heavy (non-hydrogen) atoms. The monoisotopic (exact) mass is 351 g/mol. The summed E-state index contributed by atoms with van der Waals surface area (Å²) in [5, 5.41) is 4.15. The Morgan fingerprint density at radius 2 is 1.65 bits per heavy atom. The molecule has 0 aromatic heterocycles. The maximum atomic E-state index is 6.45. The van der Waals surface area contributed by atoms with Crippen molar-refractivity contribution in [2.24, 2.45) is 0 Å². The Labute approximate surface area is 134 Å². The summed E-state index contributed by atoms with van der Waals surface area (Å²) in [6, 6.07) is 10.6. The quantitative estimate of drug-likeness (QED) is 0.786. The molecule has 0 heterocycles. The summed E-state index contributed by atoms with van der Waals surface area (Å²) in [5.74, 6) is 0. The number of benzene rings is 2. The van der Waals surface area contributed by atoms with E-state index in [2.05, 4.69) is 60.2 Å². The topological polar surface area (TPSA) is 12.0 Å². The van der Waals surface area contributed by atoms with Gasteiger partial charge < -0.3 is 5.32 Å². The number of halogens is 2. The lowest BCUT2D eigenvalue weighted by Gasteiger charge is -2.22. The summed E-state index contributed by atoms with van der Waals surface area (Å²) in [7, 11) is 1.97. The van der Waals surface area contributed by atoms with Gasteiger partial charge in [-0.3, -0.25) is 0 Å². The summed E-state index contributed by atoms with van der Waals surface area (Å²) >= 11 is 9.95. The van der Waals surface area contributed by atoms with Crippen molar-refractivity contribution in [1.82, 2.24) is 5.32 Å². The van der Waals surface area contributed by atoms with E-state index in [9.17, 15) is 0 Å². The standard InChI is InChI=1S/C17H19BrClN/c1-10-8-12(3)14(9-11(10)2)17(20-4)13-6-5-7-15(18)16(13)19/h5-9,17,20H,1-4H3. The van der Waals surface area contributed by atoms with Crippen molar-refractivity contribution in [1.29, 1.82) is 0 Å². The lowest BCUT2D eigenvalue weighted by atomic mass is 9.92. The largest absolute Gasteiger partial charge is 0.309 e. The van der Waals surface area contributed by atoms with Gasteiger partial charge in [0.05, 0.1) is 11.1 Å². The molecule has 1 N–H and O–H groups in total. The van der Waals surface area contributed by atoms with Gasteiger partial charge in [0.2, 0.25) is 0 Å². The minimum Gasteiger partial charge on any atom is -0.309 e. The van der Waals surface area contributed by atoms with Crippen LogP contribution in [0.5, 0.6) is 0 Å². The first kappa shape index (κ1) is 15.6. The molecule has 1 atom stereocenters. The van der Waals surface area contributed by atoms with E-state index in [4.69, 9.17) is 11.6 Å². The summed E-state index contributed by atoms with van der Waals surface area (Å²) in [6.45, 7) is 6.44. The first-order valence-corrected chi connectivity index (χ1v) is 7.81. The van der Waals surface area contributed by atoms with Crippen LogP contribution in [-0.4, -0.2) is 7.05 Å². The van der Waals surface area contributed by atoms with Crippen LogP contribution < -0.4 is 5.32 Å². The molecule has 1 nitrogen and oxygen atoms in total. The van der Waals surface area contributed by atoms with E-state index in [-0.39, 0.29) is 6.04 Å². The first-order chi connectivity index (χ1) is 9.45. The van der Waals surface area contributed by atoms with E-state index in [1.807, 2.05) is 19.2 Å². The number of rotatable bonds is 3. The second-order valence-electron chi connectivity index (χ2n) is 5.16. The molecule has 0 aliphatic carbocycles. The molecule has 2 aromatic rings. The smallest absolute Gasteiger partial charge is 0.0599 e. The normalized spacial score (nSPS) is 12.5. The lowest BCUT2D eigenvalue weighted by molar-refractivity contribution is 0.686. The predicted molar refractivity (Wildman–Crippen MR) is 90.7 cm³/mol. The molecule has 0 amide bonds. The highest BCUT2D eigenvalue weighted by atomic mass is 79.9. The van der Waals surface area contributed by atoms with Crippen molar-refractivity contribution in [3.63, 3.8) is 0 Å². The van der Waals surface area contributed by atoms with Crippen LogP contribution in [0.2, 0.25) is 5.02 Å². The average Bonchev–Trinajstić information content (AvgIpc) is 2.41. The van der Waals surface area contributed by atoms with Crippen LogP contribution >= 0.6 is 27.5 Å². The third kappa shape index (κ3) is 2.93. The number of hydrogen-bond acceptors (Lipinski definition) is 1. The van der Waals surface area contributed by atoms with Gasteiger partial charge in [0.1, 0.15) is 0 Å². The van der Waals surface area contributed by atoms with Crippen LogP contribution in [0, 0.1) is 20.8 Å². The van der Waals surface area contributed by atoms with Crippen LogP contribution in [0.4, 0.5) is 0 Å². The van der Waals surface area contributed by atoms with Gasteiger partial charge in [0, 0.05) is 4.47 Å². The Bertz CT molecular complexity index is 637. The highest BCUT2D eigenvalue weighted by molar-refractivity contribution is 9.10. The lowest BCUT2D eigenvalue weighted by Crippen LogP contribution is -2.19. The molecular weight excluding hydrogens is 334 g/mol. The molecule has 0 spiro atoms. The Kier molecular flexibility index (Phi) is 4.90. The van der Waals surface area contributed by atoms with Gasteiger partial charge in [-0.25, -0.2) is 0 Å². The maximum absolute atomic E-state index is 6.45. The molecule has 3 heteroatoms. The molecule has 2 rings (SSSR count). The van der Waals surface area contributed by atoms with E-state index in [0.29, 0.717) is 0 Å². The van der Waals surface area contributed by atoms with Crippen molar-refractivity contribution in [2.45, 2.75) is 26.8 Å². The molecule has 1 unspecified atom stereocenters. The number of hydrogen-bond donors (Lipinski definition) is 1. The fraction of sp³-hybridized carbons (Fsp3) is 0.294. The minimum absolute atomic E-state index is 0.0966. The summed E-state index contributed by atoms with van der Waals surface area (Å²) in [5.41, 5.74) is 6.27. The fourth-order valence-corrected chi connectivity index (χ4v) is 3.13. The highest BCUT2D eigenvalue weighted by Gasteiger charge is 2.18. The van der Waals surface area contributed by atoms with Crippen molar-refractivity contribution in [3.05, 3.63) is 67.6 Å². The van der Waals surface area contributed by atoms with Crippen molar-refractivity contribution in [3.8, 4) is 0 Å². The SMILES string of the molecule is CNC(c1cc(C)c(C)cc1C)c1cccc(Br)c1Cl. The van der Waals surface area contributed by atoms with Gasteiger partial charge in [-0.1, -0.05) is 35.9 Å². The molecule has 0 bridgehead atoms. The summed E-state index contributed by atoms with van der Waals surface area (Å²) < 4.78 is 0.929. The summed E-state index contributed by atoms with van der Waals surface area (Å²) in [6.07, 6.45) is 0. The first-order valence-electron chi connectivity index (χ1n) is 6.64. The number of nitrogens with one attached hydrogen (secondary N) is 1. The highest BCUT2D eigenvalue weighted by Crippen LogP contribution is 2.34. The molecule has 106 valence electrons. The zero-order valence-electron chi connectivity index (χ0n) is 12.2. The van der Waals surface area contributed by atoms with Gasteiger partial charge in [-0.05, 0) is 77.6 Å². The molecule has 0 saturated carbocycles. The van der Waals surface area contributed by atoms with Gasteiger partial charge in [0.25, 0.3) is 0 Å². The second-order valence-corrected chi connectivity index (χ2v) is 6.39. The predicted octanol–water partition coefficient (Wildman–Crippen LogP) is 5.34. The van der Waals surface area contributed by atoms with Gasteiger partial charge in [0.15, 0.2) is 0 Å². The fourth-order valence-electron chi connectivity index (χ4n) is 2.52. The van der Waals surface area contributed by atoms with Crippen molar-refractivity contribution < 1.29 is 0 Å².